The number of benzene rings is 3. The summed E-state index contributed by atoms with van der Waals surface area (Å²) in [5, 5.41) is 8.43. The Labute approximate surface area is 375 Å². The van der Waals surface area contributed by atoms with Gasteiger partial charge < -0.3 is 20.1 Å². The van der Waals surface area contributed by atoms with Gasteiger partial charge in [0.2, 0.25) is 5.91 Å². The first-order valence-corrected chi connectivity index (χ1v) is 22.1. The quantitative estimate of drug-likeness (QED) is 0.227. The number of carbonyl (C=O) groups excluding carboxylic acids is 4. The minimum atomic E-state index is -0.544. The van der Waals surface area contributed by atoms with Crippen molar-refractivity contribution in [3.63, 3.8) is 0 Å². The van der Waals surface area contributed by atoms with Crippen LogP contribution in [0.2, 0.25) is 15.1 Å². The van der Waals surface area contributed by atoms with Gasteiger partial charge in [0.15, 0.2) is 5.78 Å². The highest BCUT2D eigenvalue weighted by Gasteiger charge is 2.31. The second-order valence-electron chi connectivity index (χ2n) is 17.2. The maximum absolute atomic E-state index is 12.1. The number of ether oxygens (including phenoxy) is 2. The predicted octanol–water partition coefficient (Wildman–Crippen LogP) is 13.1. The van der Waals surface area contributed by atoms with Crippen LogP contribution in [0.25, 0.3) is 0 Å². The Morgan fingerprint density at radius 1 is 0.831 bits per heavy atom. The number of likely N-dealkylation sites (tertiary alicyclic amines) is 1. The molecule has 2 saturated heterocycles. The van der Waals surface area contributed by atoms with E-state index in [-0.39, 0.29) is 17.6 Å². The highest BCUT2D eigenvalue weighted by molar-refractivity contribution is 9.10. The number of ketones is 1. The van der Waals surface area contributed by atoms with Gasteiger partial charge in [-0.25, -0.2) is 14.5 Å². The van der Waals surface area contributed by atoms with Crippen LogP contribution in [0.1, 0.15) is 123 Å². The molecule has 3 amide bonds. The van der Waals surface area contributed by atoms with E-state index in [2.05, 4.69) is 45.6 Å². The van der Waals surface area contributed by atoms with Crippen molar-refractivity contribution in [2.45, 2.75) is 118 Å². The number of rotatable bonds is 7. The number of nitrogens with one attached hydrogen (secondary N) is 2. The number of imide groups is 1. The highest BCUT2D eigenvalue weighted by atomic mass is 79.9. The fraction of sp³-hybridized carbons (Fsp3) is 0.522. The number of Topliss-reactive ketones (excluding diaryl/α,β-unsaturated/α-hetero) is 1. The molecule has 2 fully saturated rings. The predicted molar refractivity (Wildman–Crippen MR) is 245 cm³/mol. The van der Waals surface area contributed by atoms with Gasteiger partial charge in [0.1, 0.15) is 11.2 Å². The zero-order chi connectivity index (χ0) is 44.3. The van der Waals surface area contributed by atoms with Crippen molar-refractivity contribution in [2.24, 2.45) is 17.8 Å². The fourth-order valence-electron chi connectivity index (χ4n) is 5.83. The molecule has 0 aromatic heterocycles. The SMILES string of the molecule is CC(CCC(=O)c1cccc(Cl)c1)CNC(=O)OC(C)(C)C.CC1CCC(=O)N(C(=O)OC(C)(C)C)C1.C[C@H]1CC[C@H](c2cccc(Cl)c2)NC1.Clc1cccc(Br)c1. The summed E-state index contributed by atoms with van der Waals surface area (Å²) in [6.07, 6.45) is 4.02. The van der Waals surface area contributed by atoms with Crippen LogP contribution in [0.15, 0.2) is 77.3 Å². The number of piperidine rings is 2. The molecule has 326 valence electrons. The van der Waals surface area contributed by atoms with Crippen LogP contribution >= 0.6 is 50.7 Å². The summed E-state index contributed by atoms with van der Waals surface area (Å²) in [7, 11) is 0. The minimum Gasteiger partial charge on any atom is -0.444 e. The summed E-state index contributed by atoms with van der Waals surface area (Å²) < 4.78 is 11.3. The largest absolute Gasteiger partial charge is 0.444 e. The molecule has 2 N–H and O–H groups in total. The average molecular weight is 940 g/mol. The number of hydrogen-bond donors (Lipinski definition) is 2. The van der Waals surface area contributed by atoms with Gasteiger partial charge in [-0.2, -0.15) is 0 Å². The molecule has 0 radical (unpaired) electrons. The van der Waals surface area contributed by atoms with Crippen molar-refractivity contribution in [1.29, 1.82) is 0 Å². The van der Waals surface area contributed by atoms with Crippen molar-refractivity contribution < 1.29 is 28.7 Å². The van der Waals surface area contributed by atoms with Crippen molar-refractivity contribution in [3.8, 4) is 0 Å². The standard InChI is InChI=1S/C17H24ClNO3.C12H16ClN.C11H19NO3.C6H4BrCl/c1-12(11-19-16(21)22-17(2,3)4)8-9-15(20)13-6-5-7-14(18)10-13;1-9-5-6-12(14-8-9)10-3-2-4-11(13)7-10;1-8-5-6-9(13)12(7-8)10(14)15-11(2,3)4;7-5-2-1-3-6(8)4-5/h5-7,10,12H,8-9,11H2,1-4H3,(H,19,21);2-4,7,9,12,14H,5-6,8H2,1H3;8H,5-7H2,1-4H3;1-4H/t;9-,12+;;/m.0../s1. The van der Waals surface area contributed by atoms with Crippen LogP contribution in [0.3, 0.4) is 0 Å². The second kappa shape index (κ2) is 25.6. The molecule has 0 bridgehead atoms. The topological polar surface area (TPSA) is 114 Å². The molecular weight excluding hydrogens is 877 g/mol. The Bertz CT molecular complexity index is 1770. The van der Waals surface area contributed by atoms with Crippen LogP contribution in [0.4, 0.5) is 9.59 Å². The minimum absolute atomic E-state index is 0.0617. The summed E-state index contributed by atoms with van der Waals surface area (Å²) in [5.74, 6) is 1.31. The summed E-state index contributed by atoms with van der Waals surface area (Å²) in [4.78, 5) is 48.0. The Morgan fingerprint density at radius 3 is 1.95 bits per heavy atom. The lowest BCUT2D eigenvalue weighted by atomic mass is 9.92. The Kier molecular flexibility index (Phi) is 22.5. The molecular formula is C46H63BrCl3N3O6. The molecule has 5 rings (SSSR count). The number of alkyl carbamates (subject to hydrolysis) is 1. The normalized spacial score (nSPS) is 18.3. The van der Waals surface area contributed by atoms with Crippen molar-refractivity contribution in [2.75, 3.05) is 19.6 Å². The maximum atomic E-state index is 12.1. The first-order valence-electron chi connectivity index (χ1n) is 20.2. The van der Waals surface area contributed by atoms with Gasteiger partial charge in [-0.1, -0.05) is 102 Å². The van der Waals surface area contributed by atoms with Crippen LogP contribution in [0, 0.1) is 17.8 Å². The molecule has 2 heterocycles. The molecule has 2 aliphatic heterocycles. The van der Waals surface area contributed by atoms with E-state index in [9.17, 15) is 19.2 Å². The van der Waals surface area contributed by atoms with Crippen LogP contribution < -0.4 is 10.6 Å². The number of nitrogens with zero attached hydrogens (tertiary/aromatic N) is 1. The van der Waals surface area contributed by atoms with Crippen LogP contribution in [-0.4, -0.2) is 59.6 Å². The van der Waals surface area contributed by atoms with Gasteiger partial charge in [-0.3, -0.25) is 9.59 Å². The van der Waals surface area contributed by atoms with Gasteiger partial charge in [0, 0.05) is 57.1 Å². The van der Waals surface area contributed by atoms with Gasteiger partial charge in [-0.15, -0.1) is 0 Å². The smallest absolute Gasteiger partial charge is 0.417 e. The van der Waals surface area contributed by atoms with E-state index in [1.165, 1.54) is 23.3 Å². The van der Waals surface area contributed by atoms with Crippen molar-refractivity contribution in [3.05, 3.63) is 103 Å². The van der Waals surface area contributed by atoms with E-state index >= 15 is 0 Å². The lowest BCUT2D eigenvalue weighted by molar-refractivity contribution is -0.133. The third-order valence-electron chi connectivity index (χ3n) is 8.96. The monoisotopic (exact) mass is 937 g/mol. The second-order valence-corrected chi connectivity index (χ2v) is 19.5. The van der Waals surface area contributed by atoms with Gasteiger partial charge >= 0.3 is 12.2 Å². The fourth-order valence-corrected chi connectivity index (χ4v) is 6.94. The third kappa shape index (κ3) is 22.9. The molecule has 0 saturated carbocycles. The summed E-state index contributed by atoms with van der Waals surface area (Å²) in [5.41, 5.74) is 0.901. The molecule has 3 aromatic carbocycles. The molecule has 0 aliphatic carbocycles. The average Bonchev–Trinajstić information content (AvgIpc) is 3.13. The number of halogens is 4. The van der Waals surface area contributed by atoms with Crippen molar-refractivity contribution in [1.82, 2.24) is 15.5 Å². The number of carbonyl (C=O) groups is 4. The third-order valence-corrected chi connectivity index (χ3v) is 10.2. The lowest BCUT2D eigenvalue weighted by Gasteiger charge is -2.31. The maximum Gasteiger partial charge on any atom is 0.417 e. The Balaban J connectivity index is 0.000000285. The van der Waals surface area contributed by atoms with Crippen LogP contribution in [-0.2, 0) is 14.3 Å². The van der Waals surface area contributed by atoms with Crippen molar-refractivity contribution >= 4 is 74.6 Å². The Hall–Kier alpha value is -3.15. The molecule has 2 aliphatic rings. The molecule has 13 heteroatoms. The zero-order valence-electron chi connectivity index (χ0n) is 36.0. The summed E-state index contributed by atoms with van der Waals surface area (Å²) in [6.45, 7) is 19.2. The van der Waals surface area contributed by atoms with Gasteiger partial charge in [0.25, 0.3) is 0 Å². The molecule has 3 aromatic rings. The van der Waals surface area contributed by atoms with Crippen LogP contribution in [0.5, 0.6) is 0 Å². The van der Waals surface area contributed by atoms with E-state index in [0.717, 1.165) is 33.4 Å². The number of hydrogen-bond acceptors (Lipinski definition) is 7. The molecule has 9 nitrogen and oxygen atoms in total. The highest BCUT2D eigenvalue weighted by Crippen LogP contribution is 2.27. The van der Waals surface area contributed by atoms with E-state index in [1.54, 1.807) is 45.0 Å². The van der Waals surface area contributed by atoms with E-state index in [4.69, 9.17) is 44.3 Å². The first kappa shape index (κ1) is 52.0. The van der Waals surface area contributed by atoms with Gasteiger partial charge in [0.05, 0.1) is 0 Å². The first-order chi connectivity index (χ1) is 27.5. The molecule has 4 atom stereocenters. The molecule has 59 heavy (non-hydrogen) atoms. The lowest BCUT2D eigenvalue weighted by Crippen LogP contribution is -2.45. The number of amides is 3. The van der Waals surface area contributed by atoms with E-state index in [1.807, 2.05) is 71.0 Å². The van der Waals surface area contributed by atoms with Gasteiger partial charge in [-0.05, 0) is 140 Å². The summed E-state index contributed by atoms with van der Waals surface area (Å²) >= 11 is 20.7. The Morgan fingerprint density at radius 2 is 1.42 bits per heavy atom. The van der Waals surface area contributed by atoms with E-state index < -0.39 is 23.4 Å². The summed E-state index contributed by atoms with van der Waals surface area (Å²) in [6, 6.07) is 23.1. The molecule has 0 spiro atoms. The van der Waals surface area contributed by atoms with E-state index in [0.29, 0.717) is 54.9 Å². The zero-order valence-corrected chi connectivity index (χ0v) is 39.9. The molecule has 2 unspecified atom stereocenters.